The molecule has 136 valence electrons. The van der Waals surface area contributed by atoms with Crippen LogP contribution in [0.4, 0.5) is 5.69 Å². The molecule has 0 atom stereocenters. The SMILES string of the molecule is CCCn1cc(SCC(=O)Nc2c(C)cc(C)cc2C)c2ccccc21. The minimum absolute atomic E-state index is 0.0392. The van der Waals surface area contributed by atoms with E-state index in [1.165, 1.54) is 21.4 Å². The second-order valence-electron chi connectivity index (χ2n) is 6.81. The van der Waals surface area contributed by atoms with Crippen LogP contribution in [0.15, 0.2) is 47.5 Å². The largest absolute Gasteiger partial charge is 0.346 e. The Labute approximate surface area is 159 Å². The summed E-state index contributed by atoms with van der Waals surface area (Å²) in [6, 6.07) is 12.6. The summed E-state index contributed by atoms with van der Waals surface area (Å²) in [6.45, 7) is 9.34. The summed E-state index contributed by atoms with van der Waals surface area (Å²) in [7, 11) is 0. The predicted octanol–water partition coefficient (Wildman–Crippen LogP) is 5.71. The Morgan fingerprint density at radius 1 is 1.12 bits per heavy atom. The highest BCUT2D eigenvalue weighted by Crippen LogP contribution is 2.30. The first-order valence-corrected chi connectivity index (χ1v) is 10.1. The number of benzene rings is 2. The van der Waals surface area contributed by atoms with Crippen LogP contribution >= 0.6 is 11.8 Å². The molecule has 0 fully saturated rings. The third-order valence-electron chi connectivity index (χ3n) is 4.52. The van der Waals surface area contributed by atoms with Gasteiger partial charge in [-0.15, -0.1) is 11.8 Å². The lowest BCUT2D eigenvalue weighted by Gasteiger charge is -2.12. The molecule has 4 heteroatoms. The number of nitrogens with zero attached hydrogens (tertiary/aromatic N) is 1. The molecular weight excluding hydrogens is 340 g/mol. The van der Waals surface area contributed by atoms with Gasteiger partial charge in [0.1, 0.15) is 0 Å². The van der Waals surface area contributed by atoms with Crippen molar-refractivity contribution < 1.29 is 4.79 Å². The Morgan fingerprint density at radius 2 is 1.81 bits per heavy atom. The molecule has 0 aliphatic carbocycles. The zero-order valence-electron chi connectivity index (χ0n) is 15.9. The maximum absolute atomic E-state index is 12.5. The number of thioether (sulfide) groups is 1. The van der Waals surface area contributed by atoms with Gasteiger partial charge in [-0.2, -0.15) is 0 Å². The summed E-state index contributed by atoms with van der Waals surface area (Å²) in [5.41, 5.74) is 5.62. The maximum Gasteiger partial charge on any atom is 0.234 e. The first-order valence-electron chi connectivity index (χ1n) is 9.08. The van der Waals surface area contributed by atoms with Crippen molar-refractivity contribution in [1.29, 1.82) is 0 Å². The molecule has 3 nitrogen and oxygen atoms in total. The first kappa shape index (κ1) is 18.6. The monoisotopic (exact) mass is 366 g/mol. The molecule has 1 N–H and O–H groups in total. The van der Waals surface area contributed by atoms with Crippen LogP contribution < -0.4 is 5.32 Å². The highest BCUT2D eigenvalue weighted by atomic mass is 32.2. The van der Waals surface area contributed by atoms with E-state index in [9.17, 15) is 4.79 Å². The van der Waals surface area contributed by atoms with Gasteiger partial charge in [0, 0.05) is 34.2 Å². The number of fused-ring (bicyclic) bond motifs is 1. The Morgan fingerprint density at radius 3 is 2.50 bits per heavy atom. The van der Waals surface area contributed by atoms with Gasteiger partial charge < -0.3 is 9.88 Å². The molecule has 0 aliphatic rings. The van der Waals surface area contributed by atoms with Crippen LogP contribution in [0.25, 0.3) is 10.9 Å². The number of hydrogen-bond acceptors (Lipinski definition) is 2. The Bertz CT molecular complexity index is 919. The fraction of sp³-hybridized carbons (Fsp3) is 0.318. The molecule has 0 radical (unpaired) electrons. The van der Waals surface area contributed by atoms with Crippen LogP contribution in [-0.2, 0) is 11.3 Å². The standard InChI is InChI=1S/C22H26N2OS/c1-5-10-24-13-20(18-8-6-7-9-19(18)24)26-14-21(25)23-22-16(3)11-15(2)12-17(22)4/h6-9,11-13H,5,10,14H2,1-4H3,(H,23,25). The molecule has 0 spiro atoms. The number of carbonyl (C=O) groups is 1. The summed E-state index contributed by atoms with van der Waals surface area (Å²) < 4.78 is 2.28. The average molecular weight is 367 g/mol. The molecule has 0 saturated heterocycles. The van der Waals surface area contributed by atoms with Crippen molar-refractivity contribution in [1.82, 2.24) is 4.57 Å². The number of amides is 1. The summed E-state index contributed by atoms with van der Waals surface area (Å²) >= 11 is 1.61. The normalized spacial score (nSPS) is 11.1. The van der Waals surface area contributed by atoms with Crippen LogP contribution in [0.3, 0.4) is 0 Å². The molecule has 3 aromatic rings. The van der Waals surface area contributed by atoms with Gasteiger partial charge in [0.05, 0.1) is 5.75 Å². The molecule has 0 bridgehead atoms. The van der Waals surface area contributed by atoms with Crippen LogP contribution in [0.2, 0.25) is 0 Å². The van der Waals surface area contributed by atoms with Gasteiger partial charge in [-0.1, -0.05) is 42.8 Å². The topological polar surface area (TPSA) is 34.0 Å². The van der Waals surface area contributed by atoms with Crippen LogP contribution in [0.5, 0.6) is 0 Å². The lowest BCUT2D eigenvalue weighted by atomic mass is 10.1. The molecule has 2 aromatic carbocycles. The molecule has 1 aromatic heterocycles. The number of para-hydroxylation sites is 1. The Balaban J connectivity index is 1.73. The second kappa shape index (κ2) is 8.00. The van der Waals surface area contributed by atoms with Gasteiger partial charge in [0.2, 0.25) is 5.91 Å². The fourth-order valence-corrected chi connectivity index (χ4v) is 4.34. The van der Waals surface area contributed by atoms with E-state index >= 15 is 0 Å². The van der Waals surface area contributed by atoms with E-state index in [4.69, 9.17) is 0 Å². The van der Waals surface area contributed by atoms with Crippen molar-refractivity contribution in [2.75, 3.05) is 11.1 Å². The van der Waals surface area contributed by atoms with E-state index in [0.717, 1.165) is 29.8 Å². The second-order valence-corrected chi connectivity index (χ2v) is 7.83. The van der Waals surface area contributed by atoms with Gasteiger partial charge in [-0.05, 0) is 44.4 Å². The number of rotatable bonds is 6. The first-order chi connectivity index (χ1) is 12.5. The third kappa shape index (κ3) is 3.96. The number of carbonyl (C=O) groups excluding carboxylic acids is 1. The van der Waals surface area contributed by atoms with Crippen LogP contribution in [0, 0.1) is 20.8 Å². The van der Waals surface area contributed by atoms with E-state index in [2.05, 4.69) is 66.3 Å². The number of hydrogen-bond donors (Lipinski definition) is 1. The van der Waals surface area contributed by atoms with Crippen LogP contribution in [-0.4, -0.2) is 16.2 Å². The van der Waals surface area contributed by atoms with Gasteiger partial charge in [0.15, 0.2) is 0 Å². The quantitative estimate of drug-likeness (QED) is 0.567. The Kier molecular flexibility index (Phi) is 5.72. The predicted molar refractivity (Wildman–Crippen MR) is 112 cm³/mol. The number of anilines is 1. The summed E-state index contributed by atoms with van der Waals surface area (Å²) in [6.07, 6.45) is 3.27. The maximum atomic E-state index is 12.5. The average Bonchev–Trinajstić information content (AvgIpc) is 2.95. The van der Waals surface area contributed by atoms with Crippen molar-refractivity contribution in [3.63, 3.8) is 0 Å². The summed E-state index contributed by atoms with van der Waals surface area (Å²) in [5, 5.41) is 4.31. The Hall–Kier alpha value is -2.20. The summed E-state index contributed by atoms with van der Waals surface area (Å²) in [5.74, 6) is 0.449. The van der Waals surface area contributed by atoms with Crippen LogP contribution in [0.1, 0.15) is 30.0 Å². The van der Waals surface area contributed by atoms with E-state index in [1.54, 1.807) is 11.8 Å². The van der Waals surface area contributed by atoms with E-state index < -0.39 is 0 Å². The van der Waals surface area contributed by atoms with Gasteiger partial charge in [-0.3, -0.25) is 4.79 Å². The molecule has 0 saturated carbocycles. The zero-order valence-corrected chi connectivity index (χ0v) is 16.7. The fourth-order valence-electron chi connectivity index (χ4n) is 3.45. The molecule has 1 amide bonds. The minimum atomic E-state index is 0.0392. The van der Waals surface area contributed by atoms with Crippen molar-refractivity contribution in [3.8, 4) is 0 Å². The van der Waals surface area contributed by atoms with Crippen molar-refractivity contribution in [3.05, 3.63) is 59.3 Å². The molecule has 26 heavy (non-hydrogen) atoms. The van der Waals surface area contributed by atoms with Gasteiger partial charge in [-0.25, -0.2) is 0 Å². The molecule has 0 aliphatic heterocycles. The third-order valence-corrected chi connectivity index (χ3v) is 5.56. The molecule has 0 unspecified atom stereocenters. The van der Waals surface area contributed by atoms with Gasteiger partial charge >= 0.3 is 0 Å². The smallest absolute Gasteiger partial charge is 0.234 e. The highest BCUT2D eigenvalue weighted by molar-refractivity contribution is 8.00. The lowest BCUT2D eigenvalue weighted by Crippen LogP contribution is -2.15. The van der Waals surface area contributed by atoms with E-state index in [0.29, 0.717) is 5.75 Å². The molecule has 1 heterocycles. The minimum Gasteiger partial charge on any atom is -0.346 e. The van der Waals surface area contributed by atoms with Gasteiger partial charge in [0.25, 0.3) is 0 Å². The number of nitrogens with one attached hydrogen (secondary N) is 1. The van der Waals surface area contributed by atoms with E-state index in [-0.39, 0.29) is 5.91 Å². The van der Waals surface area contributed by atoms with E-state index in [1.807, 2.05) is 13.8 Å². The molecule has 3 rings (SSSR count). The van der Waals surface area contributed by atoms with Crippen molar-refractivity contribution in [2.45, 2.75) is 45.6 Å². The van der Waals surface area contributed by atoms with Crippen molar-refractivity contribution in [2.24, 2.45) is 0 Å². The number of aromatic nitrogens is 1. The zero-order chi connectivity index (χ0) is 18.7. The summed E-state index contributed by atoms with van der Waals surface area (Å²) in [4.78, 5) is 13.7. The number of aryl methyl sites for hydroxylation is 4. The highest BCUT2D eigenvalue weighted by Gasteiger charge is 2.12. The lowest BCUT2D eigenvalue weighted by molar-refractivity contribution is -0.113. The van der Waals surface area contributed by atoms with Crippen molar-refractivity contribution >= 4 is 34.3 Å². The molecular formula is C22H26N2OS.